The van der Waals surface area contributed by atoms with Crippen LogP contribution in [-0.2, 0) is 14.9 Å². The number of hydrogen-bond acceptors (Lipinski definition) is 6. The lowest BCUT2D eigenvalue weighted by molar-refractivity contribution is -0.194. The van der Waals surface area contributed by atoms with Crippen LogP contribution in [0.4, 0.5) is 0 Å². The number of fused-ring (bicyclic) bond motifs is 1. The molecule has 1 aromatic carbocycles. The Bertz CT molecular complexity index is 799. The van der Waals surface area contributed by atoms with E-state index in [0.717, 1.165) is 50.5 Å². The van der Waals surface area contributed by atoms with Crippen LogP contribution in [0.2, 0.25) is 0 Å². The van der Waals surface area contributed by atoms with E-state index in [4.69, 9.17) is 18.9 Å². The van der Waals surface area contributed by atoms with Gasteiger partial charge in [-0.15, -0.1) is 0 Å². The van der Waals surface area contributed by atoms with Gasteiger partial charge < -0.3 is 23.8 Å². The first-order chi connectivity index (χ1) is 14.6. The minimum atomic E-state index is -0.358. The third-order valence-electron chi connectivity index (χ3n) is 6.88. The molecule has 0 bridgehead atoms. The van der Waals surface area contributed by atoms with E-state index >= 15 is 0 Å². The molecule has 3 aliphatic rings. The Kier molecular flexibility index (Phi) is 6.27. The van der Waals surface area contributed by atoms with Crippen molar-refractivity contribution in [2.45, 2.75) is 42.9 Å². The van der Waals surface area contributed by atoms with Crippen LogP contribution in [0.1, 0.15) is 31.2 Å². The van der Waals surface area contributed by atoms with E-state index in [1.807, 2.05) is 24.3 Å². The second-order valence-corrected chi connectivity index (χ2v) is 8.31. The van der Waals surface area contributed by atoms with Gasteiger partial charge in [-0.05, 0) is 56.3 Å². The standard InChI is InChI=1S/C19H27NO4.C5H5N/c1-20-9-8-18(14-4-5-15(21-2)16(12-14)22-3)6-7-19(13-17(18)20)23-10-11-24-19;1-2-4-6-5-3-1/h4-5,12,17H,6-11,13H2,1-3H3;1-5H/t17-,18-;/m0./s1. The van der Waals surface area contributed by atoms with E-state index < -0.39 is 0 Å². The highest BCUT2D eigenvalue weighted by atomic mass is 16.7. The van der Waals surface area contributed by atoms with E-state index in [-0.39, 0.29) is 11.2 Å². The normalized spacial score (nSPS) is 27.2. The predicted octanol–water partition coefficient (Wildman–Crippen LogP) is 3.65. The van der Waals surface area contributed by atoms with Crippen molar-refractivity contribution in [3.05, 3.63) is 54.4 Å². The van der Waals surface area contributed by atoms with Crippen LogP contribution in [0.25, 0.3) is 0 Å². The molecule has 1 aromatic heterocycles. The molecule has 3 heterocycles. The third-order valence-corrected chi connectivity index (χ3v) is 6.88. The lowest BCUT2D eigenvalue weighted by atomic mass is 9.64. The molecule has 2 aliphatic heterocycles. The van der Waals surface area contributed by atoms with Crippen LogP contribution in [0.3, 0.4) is 0 Å². The maximum Gasteiger partial charge on any atom is 0.170 e. The van der Waals surface area contributed by atoms with E-state index in [1.54, 1.807) is 26.6 Å². The van der Waals surface area contributed by atoms with Gasteiger partial charge in [0.2, 0.25) is 0 Å². The van der Waals surface area contributed by atoms with Gasteiger partial charge in [0.25, 0.3) is 0 Å². The number of methoxy groups -OCH3 is 2. The third kappa shape index (κ3) is 3.92. The Hall–Kier alpha value is -2.15. The molecule has 3 fully saturated rings. The second kappa shape index (κ2) is 8.92. The molecule has 2 atom stereocenters. The summed E-state index contributed by atoms with van der Waals surface area (Å²) in [6.45, 7) is 2.55. The van der Waals surface area contributed by atoms with Gasteiger partial charge in [0, 0.05) is 36.7 Å². The number of pyridine rings is 1. The molecule has 1 aliphatic carbocycles. The Balaban J connectivity index is 0.000000313. The Morgan fingerprint density at radius 2 is 1.70 bits per heavy atom. The fourth-order valence-corrected chi connectivity index (χ4v) is 5.27. The first kappa shape index (κ1) is 21.1. The van der Waals surface area contributed by atoms with Gasteiger partial charge in [0.05, 0.1) is 27.4 Å². The van der Waals surface area contributed by atoms with Gasteiger partial charge in [-0.25, -0.2) is 0 Å². The monoisotopic (exact) mass is 412 g/mol. The molecule has 1 saturated carbocycles. The summed E-state index contributed by atoms with van der Waals surface area (Å²) in [6, 6.07) is 12.6. The molecule has 6 nitrogen and oxygen atoms in total. The van der Waals surface area contributed by atoms with Crippen LogP contribution in [0, 0.1) is 0 Å². The summed E-state index contributed by atoms with van der Waals surface area (Å²) in [5, 5.41) is 0. The van der Waals surface area contributed by atoms with Crippen molar-refractivity contribution < 1.29 is 18.9 Å². The smallest absolute Gasteiger partial charge is 0.170 e. The summed E-state index contributed by atoms with van der Waals surface area (Å²) in [4.78, 5) is 6.26. The number of likely N-dealkylation sites (tertiary alicyclic amines) is 1. The van der Waals surface area contributed by atoms with Gasteiger partial charge in [-0.1, -0.05) is 12.1 Å². The Labute approximate surface area is 179 Å². The molecule has 0 amide bonds. The summed E-state index contributed by atoms with van der Waals surface area (Å²) in [5.41, 5.74) is 1.50. The first-order valence-corrected chi connectivity index (χ1v) is 10.7. The summed E-state index contributed by atoms with van der Waals surface area (Å²) >= 11 is 0. The highest BCUT2D eigenvalue weighted by Gasteiger charge is 2.56. The van der Waals surface area contributed by atoms with Crippen LogP contribution >= 0.6 is 0 Å². The molecule has 0 unspecified atom stereocenters. The molecule has 5 rings (SSSR count). The molecular formula is C24H32N2O4. The van der Waals surface area contributed by atoms with Crippen LogP contribution in [0.15, 0.2) is 48.8 Å². The molecule has 1 spiro atoms. The van der Waals surface area contributed by atoms with Gasteiger partial charge in [0.1, 0.15) is 0 Å². The van der Waals surface area contributed by atoms with E-state index in [0.29, 0.717) is 6.04 Å². The molecule has 162 valence electrons. The maximum atomic E-state index is 6.01. The summed E-state index contributed by atoms with van der Waals surface area (Å²) in [6.07, 6.45) is 7.65. The summed E-state index contributed by atoms with van der Waals surface area (Å²) in [5.74, 6) is 1.24. The fraction of sp³-hybridized carbons (Fsp3) is 0.542. The zero-order valence-electron chi connectivity index (χ0n) is 18.2. The van der Waals surface area contributed by atoms with Crippen molar-refractivity contribution in [2.24, 2.45) is 0 Å². The van der Waals surface area contributed by atoms with Gasteiger partial charge >= 0.3 is 0 Å². The molecule has 6 heteroatoms. The molecule has 2 saturated heterocycles. The SMILES string of the molecule is COc1ccc([C@]23CCN(C)[C@H]2CC2(CC3)OCCO2)cc1OC.c1ccncc1. The number of likely N-dealkylation sites (N-methyl/N-ethyl adjacent to an activating group) is 1. The lowest BCUT2D eigenvalue weighted by Crippen LogP contribution is -2.52. The zero-order chi connectivity index (χ0) is 21.0. The topological polar surface area (TPSA) is 53.1 Å². The number of nitrogens with zero attached hydrogens (tertiary/aromatic N) is 2. The highest BCUT2D eigenvalue weighted by Crippen LogP contribution is 2.53. The lowest BCUT2D eigenvalue weighted by Gasteiger charge is -2.47. The minimum absolute atomic E-state index is 0.148. The Morgan fingerprint density at radius 1 is 0.967 bits per heavy atom. The van der Waals surface area contributed by atoms with E-state index in [2.05, 4.69) is 29.1 Å². The van der Waals surface area contributed by atoms with E-state index in [1.165, 1.54) is 12.0 Å². The first-order valence-electron chi connectivity index (χ1n) is 10.7. The number of rotatable bonds is 3. The highest BCUT2D eigenvalue weighted by molar-refractivity contribution is 5.46. The molecule has 30 heavy (non-hydrogen) atoms. The van der Waals surface area contributed by atoms with Crippen LogP contribution in [-0.4, -0.2) is 62.7 Å². The summed E-state index contributed by atoms with van der Waals surface area (Å²) < 4.78 is 23.0. The number of benzene rings is 1. The average molecular weight is 413 g/mol. The molecule has 0 N–H and O–H groups in total. The van der Waals surface area contributed by atoms with Crippen molar-refractivity contribution in [3.63, 3.8) is 0 Å². The van der Waals surface area contributed by atoms with Crippen LogP contribution < -0.4 is 9.47 Å². The maximum absolute atomic E-state index is 6.01. The largest absolute Gasteiger partial charge is 0.493 e. The molecule has 2 aromatic rings. The van der Waals surface area contributed by atoms with Gasteiger partial charge in [0.15, 0.2) is 17.3 Å². The average Bonchev–Trinajstić information content (AvgIpc) is 3.40. The minimum Gasteiger partial charge on any atom is -0.493 e. The second-order valence-electron chi connectivity index (χ2n) is 8.31. The molecular weight excluding hydrogens is 380 g/mol. The zero-order valence-corrected chi connectivity index (χ0v) is 18.2. The number of ether oxygens (including phenoxy) is 4. The number of aromatic nitrogens is 1. The fourth-order valence-electron chi connectivity index (χ4n) is 5.27. The summed E-state index contributed by atoms with van der Waals surface area (Å²) in [7, 11) is 5.61. The Morgan fingerprint density at radius 3 is 2.30 bits per heavy atom. The molecule has 0 radical (unpaired) electrons. The van der Waals surface area contributed by atoms with Crippen molar-refractivity contribution in [1.29, 1.82) is 0 Å². The van der Waals surface area contributed by atoms with Gasteiger partial charge in [-0.2, -0.15) is 0 Å². The van der Waals surface area contributed by atoms with Crippen LogP contribution in [0.5, 0.6) is 11.5 Å². The van der Waals surface area contributed by atoms with Crippen molar-refractivity contribution in [2.75, 3.05) is 41.0 Å². The quantitative estimate of drug-likeness (QED) is 0.767. The van der Waals surface area contributed by atoms with Crippen molar-refractivity contribution in [1.82, 2.24) is 9.88 Å². The van der Waals surface area contributed by atoms with Crippen molar-refractivity contribution >= 4 is 0 Å². The number of hydrogen-bond donors (Lipinski definition) is 0. The predicted molar refractivity (Wildman–Crippen MR) is 115 cm³/mol. The van der Waals surface area contributed by atoms with Crippen molar-refractivity contribution in [3.8, 4) is 11.5 Å². The van der Waals surface area contributed by atoms with E-state index in [9.17, 15) is 0 Å². The van der Waals surface area contributed by atoms with Gasteiger partial charge in [-0.3, -0.25) is 4.98 Å².